The third kappa shape index (κ3) is 14.4. The molecule has 0 aromatic heterocycles. The number of methoxy groups -OCH3 is 1. The summed E-state index contributed by atoms with van der Waals surface area (Å²) in [5.41, 5.74) is 15.2. The third-order valence-corrected chi connectivity index (χ3v) is 7.38. The maximum Gasteiger partial charge on any atom is 0.169 e. The van der Waals surface area contributed by atoms with Gasteiger partial charge >= 0.3 is 0 Å². The van der Waals surface area contributed by atoms with Gasteiger partial charge in [-0.05, 0) is 114 Å². The Balaban J connectivity index is 5.23. The number of unbranched alkanes of at least 4 members (excludes halogenated alkanes) is 2. The molecule has 2 atom stereocenters. The highest BCUT2D eigenvalue weighted by Crippen LogP contribution is 2.21. The molecular weight excluding hydrogens is 482 g/mol. The van der Waals surface area contributed by atoms with Gasteiger partial charge in [0.05, 0.1) is 41.0 Å². The van der Waals surface area contributed by atoms with Crippen molar-refractivity contribution in [2.45, 2.75) is 141 Å². The van der Waals surface area contributed by atoms with Crippen LogP contribution in [0.1, 0.15) is 107 Å². The highest BCUT2D eigenvalue weighted by molar-refractivity contribution is 5.95. The summed E-state index contributed by atoms with van der Waals surface area (Å²) >= 11 is 0. The van der Waals surface area contributed by atoms with Crippen LogP contribution in [0.4, 0.5) is 0 Å². The SMILES string of the molecule is COC(C)(C)CCOC(C)(C)CCNC(C)(C)C(=O)C(CCCCN)NC(C)(C)C(=O)C(N)CCCCN. The predicted octanol–water partition coefficient (Wildman–Crippen LogP) is 2.82. The smallest absolute Gasteiger partial charge is 0.169 e. The number of nitrogens with two attached hydrogens (primary N) is 3. The molecule has 0 aliphatic heterocycles. The summed E-state index contributed by atoms with van der Waals surface area (Å²) in [6.07, 6.45) is 5.97. The van der Waals surface area contributed by atoms with E-state index in [4.69, 9.17) is 26.7 Å². The van der Waals surface area contributed by atoms with Crippen molar-refractivity contribution in [1.29, 1.82) is 0 Å². The Morgan fingerprint density at radius 3 is 1.84 bits per heavy atom. The van der Waals surface area contributed by atoms with Gasteiger partial charge in [-0.15, -0.1) is 0 Å². The van der Waals surface area contributed by atoms with Crippen molar-refractivity contribution in [3.8, 4) is 0 Å². The van der Waals surface area contributed by atoms with Gasteiger partial charge in [0.2, 0.25) is 0 Å². The number of carbonyl (C=O) groups excluding carboxylic acids is 2. The van der Waals surface area contributed by atoms with E-state index in [2.05, 4.69) is 24.5 Å². The molecule has 0 radical (unpaired) electrons. The van der Waals surface area contributed by atoms with Crippen molar-refractivity contribution in [1.82, 2.24) is 10.6 Å². The summed E-state index contributed by atoms with van der Waals surface area (Å²) in [5, 5.41) is 6.80. The van der Waals surface area contributed by atoms with Crippen molar-refractivity contribution in [2.75, 3.05) is 33.4 Å². The Morgan fingerprint density at radius 1 is 0.763 bits per heavy atom. The summed E-state index contributed by atoms with van der Waals surface area (Å²) in [7, 11) is 1.71. The minimum Gasteiger partial charge on any atom is -0.379 e. The minimum absolute atomic E-state index is 0.0210. The zero-order valence-corrected chi connectivity index (χ0v) is 26.0. The maximum absolute atomic E-state index is 13.8. The molecule has 9 nitrogen and oxygen atoms in total. The Bertz CT molecular complexity index is 694. The number of carbonyl (C=O) groups is 2. The Kier molecular flexibility index (Phi) is 16.6. The van der Waals surface area contributed by atoms with Crippen molar-refractivity contribution in [3.05, 3.63) is 0 Å². The molecule has 38 heavy (non-hydrogen) atoms. The van der Waals surface area contributed by atoms with Gasteiger partial charge < -0.3 is 32.0 Å². The second kappa shape index (κ2) is 17.0. The molecular formula is C29H61N5O4. The molecule has 0 saturated heterocycles. The van der Waals surface area contributed by atoms with E-state index in [-0.39, 0.29) is 22.8 Å². The zero-order valence-electron chi connectivity index (χ0n) is 26.0. The van der Waals surface area contributed by atoms with E-state index in [1.165, 1.54) is 0 Å². The normalized spacial score (nSPS) is 14.9. The first-order valence-corrected chi connectivity index (χ1v) is 14.4. The minimum atomic E-state index is -0.937. The van der Waals surface area contributed by atoms with Crippen LogP contribution in [0, 0.1) is 0 Å². The Labute approximate surface area is 233 Å². The fraction of sp³-hybridized carbons (Fsp3) is 0.931. The first-order valence-electron chi connectivity index (χ1n) is 14.4. The second-order valence-corrected chi connectivity index (χ2v) is 12.8. The maximum atomic E-state index is 13.8. The van der Waals surface area contributed by atoms with Gasteiger partial charge in [0, 0.05) is 7.11 Å². The number of Topliss-reactive ketones (excluding diaryl/α,β-unsaturated/α-hetero) is 2. The van der Waals surface area contributed by atoms with Crippen LogP contribution in [0.15, 0.2) is 0 Å². The topological polar surface area (TPSA) is 155 Å². The molecule has 0 fully saturated rings. The molecule has 0 rings (SSSR count). The van der Waals surface area contributed by atoms with Crippen molar-refractivity contribution >= 4 is 11.6 Å². The van der Waals surface area contributed by atoms with Crippen LogP contribution in [-0.2, 0) is 19.1 Å². The predicted molar refractivity (Wildman–Crippen MR) is 157 cm³/mol. The van der Waals surface area contributed by atoms with Gasteiger partial charge in [-0.25, -0.2) is 0 Å². The van der Waals surface area contributed by atoms with Crippen LogP contribution in [-0.4, -0.2) is 79.3 Å². The first kappa shape index (κ1) is 37.1. The molecule has 8 N–H and O–H groups in total. The van der Waals surface area contributed by atoms with Crippen LogP contribution in [0.3, 0.4) is 0 Å². The number of rotatable bonds is 23. The number of nitrogens with one attached hydrogen (secondary N) is 2. The van der Waals surface area contributed by atoms with Crippen molar-refractivity contribution in [3.63, 3.8) is 0 Å². The highest BCUT2D eigenvalue weighted by atomic mass is 16.5. The van der Waals surface area contributed by atoms with Crippen LogP contribution < -0.4 is 27.8 Å². The summed E-state index contributed by atoms with van der Waals surface area (Å²) in [5.74, 6) is -0.0693. The molecule has 0 saturated carbocycles. The van der Waals surface area contributed by atoms with E-state index in [0.29, 0.717) is 39.1 Å². The van der Waals surface area contributed by atoms with Crippen LogP contribution >= 0.6 is 0 Å². The van der Waals surface area contributed by atoms with Gasteiger partial charge in [-0.1, -0.05) is 12.8 Å². The summed E-state index contributed by atoms with van der Waals surface area (Å²) in [6.45, 7) is 18.0. The fourth-order valence-electron chi connectivity index (χ4n) is 4.32. The lowest BCUT2D eigenvalue weighted by Gasteiger charge is -2.36. The van der Waals surface area contributed by atoms with Gasteiger partial charge in [-0.3, -0.25) is 14.9 Å². The molecule has 0 amide bonds. The molecule has 0 aromatic carbocycles. The fourth-order valence-corrected chi connectivity index (χ4v) is 4.32. The highest BCUT2D eigenvalue weighted by Gasteiger charge is 2.39. The van der Waals surface area contributed by atoms with Gasteiger partial charge in [0.15, 0.2) is 11.6 Å². The molecule has 0 aliphatic carbocycles. The Morgan fingerprint density at radius 2 is 1.32 bits per heavy atom. The molecule has 0 aromatic rings. The second-order valence-electron chi connectivity index (χ2n) is 12.8. The number of hydrogen-bond acceptors (Lipinski definition) is 9. The standard InChI is InChI=1S/C29H61N5O4/c1-26(2,37-9)17-21-38-27(3,4)16-20-33-28(5,6)25(36)23(15-11-13-19-31)34-29(7,8)24(35)22(32)14-10-12-18-30/h22-23,33-34H,10-21,30-32H2,1-9H3. The third-order valence-electron chi connectivity index (χ3n) is 7.38. The first-order chi connectivity index (χ1) is 17.4. The van der Waals surface area contributed by atoms with Gasteiger partial charge in [0.1, 0.15) is 0 Å². The molecule has 2 unspecified atom stereocenters. The van der Waals surface area contributed by atoms with Crippen molar-refractivity contribution < 1.29 is 19.1 Å². The number of ketones is 2. The van der Waals surface area contributed by atoms with Crippen molar-refractivity contribution in [2.24, 2.45) is 17.2 Å². The summed E-state index contributed by atoms with van der Waals surface area (Å²) in [4.78, 5) is 26.9. The zero-order chi connectivity index (χ0) is 29.6. The Hall–Kier alpha value is -0.940. The molecule has 9 heteroatoms. The lowest BCUT2D eigenvalue weighted by molar-refractivity contribution is -0.130. The molecule has 0 bridgehead atoms. The van der Waals surface area contributed by atoms with E-state index >= 15 is 0 Å². The monoisotopic (exact) mass is 543 g/mol. The van der Waals surface area contributed by atoms with E-state index in [9.17, 15) is 9.59 Å². The van der Waals surface area contributed by atoms with E-state index in [0.717, 1.165) is 38.5 Å². The lowest BCUT2D eigenvalue weighted by atomic mass is 9.85. The number of hydrogen-bond donors (Lipinski definition) is 5. The number of ether oxygens (including phenoxy) is 2. The molecule has 226 valence electrons. The van der Waals surface area contributed by atoms with Gasteiger partial charge in [-0.2, -0.15) is 0 Å². The average Bonchev–Trinajstić information content (AvgIpc) is 2.82. The molecule has 0 spiro atoms. The van der Waals surface area contributed by atoms with Crippen LogP contribution in [0.2, 0.25) is 0 Å². The van der Waals surface area contributed by atoms with Crippen LogP contribution in [0.25, 0.3) is 0 Å². The van der Waals surface area contributed by atoms with E-state index in [1.54, 1.807) is 7.11 Å². The summed E-state index contributed by atoms with van der Waals surface area (Å²) < 4.78 is 11.6. The molecule has 0 aliphatic rings. The van der Waals surface area contributed by atoms with E-state index in [1.807, 2.05) is 41.5 Å². The molecule has 0 heterocycles. The summed E-state index contributed by atoms with van der Waals surface area (Å²) in [6, 6.07) is -1.09. The lowest BCUT2D eigenvalue weighted by Crippen LogP contribution is -2.62. The van der Waals surface area contributed by atoms with Crippen LogP contribution in [0.5, 0.6) is 0 Å². The van der Waals surface area contributed by atoms with E-state index < -0.39 is 23.2 Å². The largest absolute Gasteiger partial charge is 0.379 e. The quantitative estimate of drug-likeness (QED) is 0.122. The average molecular weight is 544 g/mol. The van der Waals surface area contributed by atoms with Gasteiger partial charge in [0.25, 0.3) is 0 Å².